The number of hydrogen-bond donors (Lipinski definition) is 0. The third kappa shape index (κ3) is 3.91. The molecule has 0 amide bonds. The van der Waals surface area contributed by atoms with E-state index in [-0.39, 0.29) is 12.2 Å². The van der Waals surface area contributed by atoms with Gasteiger partial charge in [0.2, 0.25) is 0 Å². The first-order valence-corrected chi connectivity index (χ1v) is 10.5. The highest BCUT2D eigenvalue weighted by atomic mass is 32.2. The van der Waals surface area contributed by atoms with Gasteiger partial charge in [-0.3, -0.25) is 0 Å². The molecule has 8 heteroatoms. The van der Waals surface area contributed by atoms with Crippen molar-refractivity contribution in [3.8, 4) is 0 Å². The second-order valence-corrected chi connectivity index (χ2v) is 8.22. The van der Waals surface area contributed by atoms with Crippen LogP contribution in [-0.2, 0) is 23.1 Å². The fourth-order valence-corrected chi connectivity index (χ4v) is 4.04. The first kappa shape index (κ1) is 17.8. The van der Waals surface area contributed by atoms with E-state index in [2.05, 4.69) is 28.2 Å². The van der Waals surface area contributed by atoms with E-state index in [0.29, 0.717) is 12.3 Å². The van der Waals surface area contributed by atoms with Crippen molar-refractivity contribution >= 4 is 27.5 Å². The Morgan fingerprint density at radius 2 is 2.00 bits per heavy atom. The van der Waals surface area contributed by atoms with Gasteiger partial charge in [0.05, 0.1) is 15.8 Å². The molecule has 7 nitrogen and oxygen atoms in total. The number of aryl methyl sites for hydroxylation is 2. The first-order chi connectivity index (χ1) is 13.0. The Morgan fingerprint density at radius 3 is 2.78 bits per heavy atom. The summed E-state index contributed by atoms with van der Waals surface area (Å²) in [6, 6.07) is 10.2. The van der Waals surface area contributed by atoms with Crippen LogP contribution >= 0.6 is 0 Å². The van der Waals surface area contributed by atoms with E-state index in [9.17, 15) is 13.0 Å². The third-order valence-electron chi connectivity index (χ3n) is 4.72. The van der Waals surface area contributed by atoms with E-state index in [1.165, 1.54) is 5.57 Å². The monoisotopic (exact) mass is 384 g/mol. The second kappa shape index (κ2) is 7.21. The Bertz CT molecular complexity index is 1100. The summed E-state index contributed by atoms with van der Waals surface area (Å²) in [4.78, 5) is 8.78. The van der Waals surface area contributed by atoms with Gasteiger partial charge in [0.15, 0.2) is 0 Å². The van der Waals surface area contributed by atoms with Crippen LogP contribution in [0.3, 0.4) is 0 Å². The van der Waals surface area contributed by atoms with Crippen molar-refractivity contribution in [2.24, 2.45) is 0 Å². The molecule has 1 aliphatic carbocycles. The summed E-state index contributed by atoms with van der Waals surface area (Å²) in [5, 5.41) is 0. The number of aromatic nitrogens is 4. The lowest BCUT2D eigenvalue weighted by Gasteiger charge is -2.19. The van der Waals surface area contributed by atoms with Gasteiger partial charge < -0.3 is 4.55 Å². The Kier molecular flexibility index (Phi) is 4.75. The average Bonchev–Trinajstić information content (AvgIpc) is 3.05. The Balaban J connectivity index is 1.78. The molecule has 0 saturated carbocycles. The van der Waals surface area contributed by atoms with Crippen LogP contribution in [-0.4, -0.2) is 33.2 Å². The first-order valence-electron chi connectivity index (χ1n) is 8.96. The highest BCUT2D eigenvalue weighted by Crippen LogP contribution is 2.31. The molecule has 1 aromatic carbocycles. The molecule has 0 N–H and O–H groups in total. The van der Waals surface area contributed by atoms with Gasteiger partial charge >= 0.3 is 12.1 Å². The lowest BCUT2D eigenvalue weighted by molar-refractivity contribution is -0.761. The predicted octanol–water partition coefficient (Wildman–Crippen LogP) is 1.83. The van der Waals surface area contributed by atoms with Crippen LogP contribution < -0.4 is 4.68 Å². The molecule has 0 radical (unpaired) electrons. The summed E-state index contributed by atoms with van der Waals surface area (Å²) in [5.41, 5.74) is 4.56. The van der Waals surface area contributed by atoms with E-state index >= 15 is 0 Å². The van der Waals surface area contributed by atoms with E-state index in [1.54, 1.807) is 6.33 Å². The van der Waals surface area contributed by atoms with Gasteiger partial charge in [-0.05, 0) is 47.0 Å². The molecule has 140 valence electrons. The number of rotatable bonds is 5. The molecule has 0 unspecified atom stereocenters. The van der Waals surface area contributed by atoms with Crippen LogP contribution in [0.4, 0.5) is 0 Å². The summed E-state index contributed by atoms with van der Waals surface area (Å²) < 4.78 is 36.5. The molecule has 0 bridgehead atoms. The summed E-state index contributed by atoms with van der Waals surface area (Å²) in [5.74, 6) is 0.183. The normalized spacial score (nSPS) is 16.0. The molecule has 27 heavy (non-hydrogen) atoms. The molecule has 0 saturated heterocycles. The molecule has 0 aliphatic heterocycles. The van der Waals surface area contributed by atoms with E-state index in [4.69, 9.17) is 0 Å². The third-order valence-corrected chi connectivity index (χ3v) is 5.51. The van der Waals surface area contributed by atoms with Crippen molar-refractivity contribution < 1.29 is 17.7 Å². The fraction of sp³-hybridized carbons (Fsp3) is 0.316. The molecular formula is C19H20N4O3S. The van der Waals surface area contributed by atoms with Crippen LogP contribution in [0.15, 0.2) is 42.9 Å². The van der Waals surface area contributed by atoms with E-state index in [1.807, 2.05) is 33.6 Å². The fourth-order valence-electron chi connectivity index (χ4n) is 3.55. The minimum absolute atomic E-state index is 0.242. The average molecular weight is 384 g/mol. The topological polar surface area (TPSA) is 91.3 Å². The minimum atomic E-state index is -4.22. The largest absolute Gasteiger partial charge is 0.748 e. The van der Waals surface area contributed by atoms with Gasteiger partial charge in [-0.1, -0.05) is 30.3 Å². The van der Waals surface area contributed by atoms with Crippen molar-refractivity contribution in [2.75, 3.05) is 5.75 Å². The summed E-state index contributed by atoms with van der Waals surface area (Å²) in [6.45, 7) is 0.388. The van der Waals surface area contributed by atoms with Gasteiger partial charge in [0.1, 0.15) is 6.54 Å². The van der Waals surface area contributed by atoms with Crippen LogP contribution in [0.2, 0.25) is 0 Å². The molecular weight excluding hydrogens is 364 g/mol. The molecule has 2 aromatic heterocycles. The maximum absolute atomic E-state index is 10.9. The number of nitrogens with zero attached hydrogens (tertiary/aromatic N) is 4. The zero-order chi connectivity index (χ0) is 18.9. The van der Waals surface area contributed by atoms with Gasteiger partial charge in [-0.15, -0.1) is 9.20 Å². The SMILES string of the molecule is O=S(=O)([O-])CCC[n+]1cnc2ncc3c(n21)C(=Cc1ccccc1)CCC3. The lowest BCUT2D eigenvalue weighted by atomic mass is 9.91. The summed E-state index contributed by atoms with van der Waals surface area (Å²) >= 11 is 0. The summed E-state index contributed by atoms with van der Waals surface area (Å²) in [7, 11) is -4.22. The minimum Gasteiger partial charge on any atom is -0.748 e. The molecule has 0 atom stereocenters. The number of allylic oxidation sites excluding steroid dienone is 1. The predicted molar refractivity (Wildman–Crippen MR) is 99.6 cm³/mol. The number of fused-ring (bicyclic) bond motifs is 3. The lowest BCUT2D eigenvalue weighted by Crippen LogP contribution is -2.41. The molecule has 1 aliphatic rings. The smallest absolute Gasteiger partial charge is 0.381 e. The van der Waals surface area contributed by atoms with Gasteiger partial charge in [0.25, 0.3) is 0 Å². The number of benzene rings is 1. The van der Waals surface area contributed by atoms with Crippen LogP contribution in [0.25, 0.3) is 17.4 Å². The zero-order valence-electron chi connectivity index (χ0n) is 14.8. The molecule has 2 heterocycles. The van der Waals surface area contributed by atoms with Crippen molar-refractivity contribution in [3.63, 3.8) is 0 Å². The molecule has 4 rings (SSSR count). The van der Waals surface area contributed by atoms with E-state index in [0.717, 1.165) is 36.1 Å². The Morgan fingerprint density at radius 1 is 1.19 bits per heavy atom. The standard InChI is InChI=1S/C19H20N4O3S/c24-27(25,26)11-5-10-22-14-21-19-20-13-17-9-4-8-16(18(17)23(19)22)12-15-6-2-1-3-7-15/h1-3,6-7,12-14H,4-5,8-11H2. The summed E-state index contributed by atoms with van der Waals surface area (Å²) in [6.07, 6.45) is 8.90. The maximum Gasteiger partial charge on any atom is 0.381 e. The van der Waals surface area contributed by atoms with Crippen LogP contribution in [0, 0.1) is 0 Å². The quantitative estimate of drug-likeness (QED) is 0.494. The van der Waals surface area contributed by atoms with E-state index < -0.39 is 10.1 Å². The zero-order valence-corrected chi connectivity index (χ0v) is 15.6. The van der Waals surface area contributed by atoms with Crippen molar-refractivity contribution in [1.29, 1.82) is 0 Å². The van der Waals surface area contributed by atoms with Crippen LogP contribution in [0.5, 0.6) is 0 Å². The molecule has 3 aromatic rings. The molecule has 0 fully saturated rings. The Labute approximate surface area is 157 Å². The van der Waals surface area contributed by atoms with Gasteiger partial charge in [-0.25, -0.2) is 8.42 Å². The Hall–Kier alpha value is -2.58. The highest BCUT2D eigenvalue weighted by Gasteiger charge is 2.24. The van der Waals surface area contributed by atoms with Crippen molar-refractivity contribution in [1.82, 2.24) is 14.5 Å². The number of hydrogen-bond acceptors (Lipinski definition) is 5. The van der Waals surface area contributed by atoms with Crippen molar-refractivity contribution in [3.05, 3.63) is 59.7 Å². The van der Waals surface area contributed by atoms with Crippen LogP contribution in [0.1, 0.15) is 36.1 Å². The highest BCUT2D eigenvalue weighted by molar-refractivity contribution is 7.85. The maximum atomic E-state index is 10.9. The molecule has 0 spiro atoms. The second-order valence-electron chi connectivity index (χ2n) is 6.70. The van der Waals surface area contributed by atoms with Gasteiger partial charge in [-0.2, -0.15) is 4.98 Å². The van der Waals surface area contributed by atoms with Crippen molar-refractivity contribution in [2.45, 2.75) is 32.2 Å². The van der Waals surface area contributed by atoms with Gasteiger partial charge in [0, 0.05) is 18.4 Å².